The van der Waals surface area contributed by atoms with Crippen LogP contribution in [0.25, 0.3) is 0 Å². The van der Waals surface area contributed by atoms with Gasteiger partial charge >= 0.3 is 5.97 Å². The number of anilines is 4. The summed E-state index contributed by atoms with van der Waals surface area (Å²) in [7, 11) is 0. The summed E-state index contributed by atoms with van der Waals surface area (Å²) in [6.45, 7) is 3.96. The highest BCUT2D eigenvalue weighted by atomic mass is 35.5. The van der Waals surface area contributed by atoms with Crippen molar-refractivity contribution in [3.8, 4) is 0 Å². The smallest absolute Gasteiger partial charge is 0.340 e. The van der Waals surface area contributed by atoms with Crippen molar-refractivity contribution >= 4 is 40.7 Å². The molecule has 0 unspecified atom stereocenters. The Morgan fingerprint density at radius 1 is 1.11 bits per heavy atom. The van der Waals surface area contributed by atoms with Crippen LogP contribution >= 0.6 is 11.6 Å². The zero-order valence-corrected chi connectivity index (χ0v) is 15.6. The lowest BCUT2D eigenvalue weighted by Crippen LogP contribution is -2.09. The molecule has 3 aromatic rings. The van der Waals surface area contributed by atoms with Crippen LogP contribution in [-0.2, 0) is 4.74 Å². The van der Waals surface area contributed by atoms with Gasteiger partial charge < -0.3 is 15.4 Å². The number of para-hydroxylation sites is 1. The summed E-state index contributed by atoms with van der Waals surface area (Å²) >= 11 is 6.14. The molecule has 0 radical (unpaired) electrons. The van der Waals surface area contributed by atoms with Crippen molar-refractivity contribution in [2.45, 2.75) is 13.8 Å². The molecule has 1 heterocycles. The second-order valence-electron chi connectivity index (χ2n) is 5.59. The maximum absolute atomic E-state index is 12.1. The number of rotatable bonds is 6. The maximum atomic E-state index is 12.1. The van der Waals surface area contributed by atoms with Crippen molar-refractivity contribution in [2.24, 2.45) is 0 Å². The molecular weight excluding hydrogens is 366 g/mol. The maximum Gasteiger partial charge on any atom is 0.340 e. The van der Waals surface area contributed by atoms with Gasteiger partial charge in [-0.15, -0.1) is 5.10 Å². The van der Waals surface area contributed by atoms with Crippen LogP contribution in [-0.4, -0.2) is 27.8 Å². The minimum Gasteiger partial charge on any atom is -0.462 e. The monoisotopic (exact) mass is 383 g/mol. The Morgan fingerprint density at radius 3 is 2.70 bits per heavy atom. The first-order valence-electron chi connectivity index (χ1n) is 8.33. The molecule has 0 saturated heterocycles. The molecule has 0 spiro atoms. The largest absolute Gasteiger partial charge is 0.462 e. The minimum atomic E-state index is -0.407. The van der Waals surface area contributed by atoms with Gasteiger partial charge in [-0.25, -0.2) is 4.79 Å². The lowest BCUT2D eigenvalue weighted by Gasteiger charge is -2.12. The van der Waals surface area contributed by atoms with E-state index < -0.39 is 5.97 Å². The van der Waals surface area contributed by atoms with Crippen molar-refractivity contribution in [2.75, 3.05) is 17.2 Å². The van der Waals surface area contributed by atoms with Crippen LogP contribution < -0.4 is 10.6 Å². The number of halogens is 1. The van der Waals surface area contributed by atoms with Gasteiger partial charge in [-0.1, -0.05) is 29.8 Å². The van der Waals surface area contributed by atoms with E-state index in [1.807, 2.05) is 31.2 Å². The van der Waals surface area contributed by atoms with E-state index in [2.05, 4.69) is 25.8 Å². The Hall–Kier alpha value is -3.19. The number of nitrogens with zero attached hydrogens (tertiary/aromatic N) is 3. The van der Waals surface area contributed by atoms with Gasteiger partial charge in [0.05, 0.1) is 24.1 Å². The van der Waals surface area contributed by atoms with Crippen LogP contribution in [0.4, 0.5) is 23.1 Å². The summed E-state index contributed by atoms with van der Waals surface area (Å²) in [5.41, 5.74) is 2.65. The molecule has 0 amide bonds. The average molecular weight is 384 g/mol. The molecule has 0 aliphatic carbocycles. The second kappa shape index (κ2) is 8.46. The normalized spacial score (nSPS) is 10.3. The molecule has 0 saturated carbocycles. The number of benzene rings is 2. The van der Waals surface area contributed by atoms with Crippen LogP contribution in [0.15, 0.2) is 48.7 Å². The first-order chi connectivity index (χ1) is 13.1. The number of aromatic nitrogens is 3. The molecule has 7 nitrogen and oxygen atoms in total. The molecule has 1 aromatic heterocycles. The summed E-state index contributed by atoms with van der Waals surface area (Å²) in [6.07, 6.45) is 1.47. The molecule has 0 atom stereocenters. The van der Waals surface area contributed by atoms with Gasteiger partial charge in [-0.3, -0.25) is 0 Å². The number of carbonyl (C=O) groups excluding carboxylic acids is 1. The summed E-state index contributed by atoms with van der Waals surface area (Å²) in [6, 6.07) is 12.6. The number of ether oxygens (including phenoxy) is 1. The second-order valence-corrected chi connectivity index (χ2v) is 6.00. The van der Waals surface area contributed by atoms with Gasteiger partial charge in [0.25, 0.3) is 0 Å². The van der Waals surface area contributed by atoms with E-state index in [9.17, 15) is 4.79 Å². The predicted octanol–water partition coefficient (Wildman–Crippen LogP) is 4.50. The number of nitrogens with one attached hydrogen (secondary N) is 2. The van der Waals surface area contributed by atoms with Crippen molar-refractivity contribution in [1.82, 2.24) is 15.2 Å². The highest BCUT2D eigenvalue weighted by molar-refractivity contribution is 6.31. The molecule has 2 aromatic carbocycles. The average Bonchev–Trinajstić information content (AvgIpc) is 2.66. The van der Waals surface area contributed by atoms with Crippen LogP contribution in [0.2, 0.25) is 5.02 Å². The van der Waals surface area contributed by atoms with E-state index in [-0.39, 0.29) is 0 Å². The van der Waals surface area contributed by atoms with Gasteiger partial charge in [0, 0.05) is 10.7 Å². The van der Waals surface area contributed by atoms with Crippen LogP contribution in [0.1, 0.15) is 22.8 Å². The lowest BCUT2D eigenvalue weighted by molar-refractivity contribution is 0.0527. The molecular formula is C19H18ClN5O2. The third kappa shape index (κ3) is 4.51. The van der Waals surface area contributed by atoms with E-state index in [0.29, 0.717) is 34.6 Å². The molecule has 8 heteroatoms. The summed E-state index contributed by atoms with van der Waals surface area (Å²) in [4.78, 5) is 16.5. The fourth-order valence-electron chi connectivity index (χ4n) is 2.40. The van der Waals surface area contributed by atoms with Gasteiger partial charge in [-0.05, 0) is 43.7 Å². The van der Waals surface area contributed by atoms with Gasteiger partial charge in [0.2, 0.25) is 5.95 Å². The van der Waals surface area contributed by atoms with E-state index in [1.54, 1.807) is 25.1 Å². The zero-order chi connectivity index (χ0) is 19.2. The quantitative estimate of drug-likeness (QED) is 0.606. The molecule has 27 heavy (non-hydrogen) atoms. The molecule has 0 fully saturated rings. The van der Waals surface area contributed by atoms with E-state index in [1.165, 1.54) is 6.20 Å². The molecule has 0 bridgehead atoms. The highest BCUT2D eigenvalue weighted by Crippen LogP contribution is 2.25. The molecule has 2 N–H and O–H groups in total. The third-order valence-electron chi connectivity index (χ3n) is 3.76. The highest BCUT2D eigenvalue weighted by Gasteiger charge is 2.13. The number of carbonyl (C=O) groups is 1. The van der Waals surface area contributed by atoms with Crippen molar-refractivity contribution in [1.29, 1.82) is 0 Å². The summed E-state index contributed by atoms with van der Waals surface area (Å²) < 4.78 is 5.08. The Kier molecular flexibility index (Phi) is 5.83. The summed E-state index contributed by atoms with van der Waals surface area (Å²) in [5.74, 6) is 0.332. The lowest BCUT2D eigenvalue weighted by atomic mass is 10.2. The molecule has 138 valence electrons. The van der Waals surface area contributed by atoms with Gasteiger partial charge in [-0.2, -0.15) is 10.1 Å². The van der Waals surface area contributed by atoms with Gasteiger partial charge in [0.1, 0.15) is 0 Å². The predicted molar refractivity (Wildman–Crippen MR) is 105 cm³/mol. The standard InChI is InChI=1S/C19H18ClN5O2/c1-3-27-18(26)13-7-4-5-9-16(13)22-17-11-21-25-19(24-17)23-15-10-6-8-14(20)12(15)2/h4-11H,3H2,1-2H3,(H2,22,23,24,25). The third-order valence-corrected chi connectivity index (χ3v) is 4.17. The first-order valence-corrected chi connectivity index (χ1v) is 8.71. The summed E-state index contributed by atoms with van der Waals surface area (Å²) in [5, 5.41) is 14.8. The van der Waals surface area contributed by atoms with E-state index >= 15 is 0 Å². The fraction of sp³-hybridized carbons (Fsp3) is 0.158. The molecule has 0 aliphatic rings. The Balaban J connectivity index is 1.83. The number of hydrogen-bond donors (Lipinski definition) is 2. The van der Waals surface area contributed by atoms with Crippen molar-refractivity contribution < 1.29 is 9.53 Å². The number of hydrogen-bond acceptors (Lipinski definition) is 7. The van der Waals surface area contributed by atoms with Crippen molar-refractivity contribution in [3.05, 3.63) is 64.8 Å². The Bertz CT molecular complexity index is 964. The van der Waals surface area contributed by atoms with Crippen LogP contribution in [0, 0.1) is 6.92 Å². The van der Waals surface area contributed by atoms with Gasteiger partial charge in [0.15, 0.2) is 5.82 Å². The zero-order valence-electron chi connectivity index (χ0n) is 14.9. The van der Waals surface area contributed by atoms with E-state index in [4.69, 9.17) is 16.3 Å². The minimum absolute atomic E-state index is 0.301. The molecule has 0 aliphatic heterocycles. The molecule has 3 rings (SSSR count). The topological polar surface area (TPSA) is 89.0 Å². The SMILES string of the molecule is CCOC(=O)c1ccccc1Nc1cnnc(Nc2cccc(Cl)c2C)n1. The first kappa shape index (κ1) is 18.6. The van der Waals surface area contributed by atoms with E-state index in [0.717, 1.165) is 11.3 Å². The fourth-order valence-corrected chi connectivity index (χ4v) is 2.57. The van der Waals surface area contributed by atoms with Crippen LogP contribution in [0.5, 0.6) is 0 Å². The Morgan fingerprint density at radius 2 is 1.89 bits per heavy atom. The van der Waals surface area contributed by atoms with Crippen molar-refractivity contribution in [3.63, 3.8) is 0 Å². The van der Waals surface area contributed by atoms with Crippen LogP contribution in [0.3, 0.4) is 0 Å². The Labute approximate surface area is 161 Å². The number of esters is 1.